The third kappa shape index (κ3) is 3.85. The standard InChI is InChI=1S/C13H18N2O3/c1-14(2)15(10-9-12(16)18-3)13(17)11-7-5-4-6-8-11/h4-8H,9-10H2,1-3H3. The first-order chi connectivity index (χ1) is 8.56. The number of rotatable bonds is 5. The molecule has 0 aromatic heterocycles. The summed E-state index contributed by atoms with van der Waals surface area (Å²) in [5.74, 6) is -0.466. The number of benzene rings is 1. The zero-order chi connectivity index (χ0) is 13.5. The molecule has 0 N–H and O–H groups in total. The predicted molar refractivity (Wildman–Crippen MR) is 67.8 cm³/mol. The molecule has 0 aliphatic carbocycles. The lowest BCUT2D eigenvalue weighted by Gasteiger charge is -2.28. The van der Waals surface area contributed by atoms with E-state index >= 15 is 0 Å². The number of amides is 1. The maximum atomic E-state index is 12.2. The maximum Gasteiger partial charge on any atom is 0.307 e. The lowest BCUT2D eigenvalue weighted by Crippen LogP contribution is -2.43. The van der Waals surface area contributed by atoms with Crippen LogP contribution in [0.15, 0.2) is 30.3 Å². The molecule has 0 heterocycles. The van der Waals surface area contributed by atoms with Crippen molar-refractivity contribution >= 4 is 11.9 Å². The molecule has 1 amide bonds. The van der Waals surface area contributed by atoms with Gasteiger partial charge in [-0.25, -0.2) is 5.01 Å². The number of ether oxygens (including phenoxy) is 1. The van der Waals surface area contributed by atoms with Gasteiger partial charge in [-0.15, -0.1) is 0 Å². The van der Waals surface area contributed by atoms with Gasteiger partial charge < -0.3 is 4.74 Å². The Morgan fingerprint density at radius 1 is 1.17 bits per heavy atom. The van der Waals surface area contributed by atoms with Crippen LogP contribution in [0.4, 0.5) is 0 Å². The quantitative estimate of drug-likeness (QED) is 0.581. The van der Waals surface area contributed by atoms with E-state index in [0.717, 1.165) is 0 Å². The second kappa shape index (κ2) is 6.76. The average Bonchev–Trinajstić information content (AvgIpc) is 2.39. The van der Waals surface area contributed by atoms with Gasteiger partial charge in [0.2, 0.25) is 0 Å². The van der Waals surface area contributed by atoms with Crippen molar-refractivity contribution in [2.75, 3.05) is 27.7 Å². The van der Waals surface area contributed by atoms with Gasteiger partial charge >= 0.3 is 5.97 Å². The van der Waals surface area contributed by atoms with Crippen molar-refractivity contribution in [3.63, 3.8) is 0 Å². The highest BCUT2D eigenvalue weighted by Crippen LogP contribution is 2.06. The van der Waals surface area contributed by atoms with Crippen LogP contribution in [-0.4, -0.2) is 49.6 Å². The molecule has 1 aromatic carbocycles. The molecule has 0 aliphatic rings. The van der Waals surface area contributed by atoms with Gasteiger partial charge in [0.1, 0.15) is 0 Å². The van der Waals surface area contributed by atoms with Gasteiger partial charge in [0.25, 0.3) is 5.91 Å². The largest absolute Gasteiger partial charge is 0.469 e. The summed E-state index contributed by atoms with van der Waals surface area (Å²) < 4.78 is 4.57. The molecule has 5 nitrogen and oxygen atoms in total. The Balaban J connectivity index is 2.73. The van der Waals surface area contributed by atoms with Crippen LogP contribution in [-0.2, 0) is 9.53 Å². The Morgan fingerprint density at radius 3 is 2.28 bits per heavy atom. The number of nitrogens with zero attached hydrogens (tertiary/aromatic N) is 2. The van der Waals surface area contributed by atoms with Gasteiger partial charge in [-0.05, 0) is 12.1 Å². The Morgan fingerprint density at radius 2 is 1.78 bits per heavy atom. The van der Waals surface area contributed by atoms with E-state index in [1.54, 1.807) is 43.4 Å². The van der Waals surface area contributed by atoms with Crippen LogP contribution in [0.25, 0.3) is 0 Å². The number of esters is 1. The third-order valence-corrected chi connectivity index (χ3v) is 2.49. The second-order valence-corrected chi connectivity index (χ2v) is 3.97. The number of carbonyl (C=O) groups excluding carboxylic acids is 2. The fraction of sp³-hybridized carbons (Fsp3) is 0.385. The van der Waals surface area contributed by atoms with Crippen molar-refractivity contribution in [3.05, 3.63) is 35.9 Å². The van der Waals surface area contributed by atoms with Gasteiger partial charge in [-0.3, -0.25) is 14.6 Å². The van der Waals surface area contributed by atoms with Crippen LogP contribution in [0.1, 0.15) is 16.8 Å². The number of methoxy groups -OCH3 is 1. The smallest absolute Gasteiger partial charge is 0.307 e. The number of hydrogen-bond acceptors (Lipinski definition) is 4. The highest BCUT2D eigenvalue weighted by Gasteiger charge is 2.18. The van der Waals surface area contributed by atoms with E-state index in [9.17, 15) is 9.59 Å². The third-order valence-electron chi connectivity index (χ3n) is 2.49. The fourth-order valence-electron chi connectivity index (χ4n) is 1.51. The van der Waals surface area contributed by atoms with Crippen molar-refractivity contribution in [2.24, 2.45) is 0 Å². The van der Waals surface area contributed by atoms with Crippen molar-refractivity contribution in [2.45, 2.75) is 6.42 Å². The van der Waals surface area contributed by atoms with Gasteiger partial charge in [0, 0.05) is 26.2 Å². The molecular weight excluding hydrogens is 232 g/mol. The van der Waals surface area contributed by atoms with Crippen LogP contribution >= 0.6 is 0 Å². The second-order valence-electron chi connectivity index (χ2n) is 3.97. The highest BCUT2D eigenvalue weighted by molar-refractivity contribution is 5.94. The van der Waals surface area contributed by atoms with E-state index in [4.69, 9.17) is 0 Å². The monoisotopic (exact) mass is 250 g/mol. The molecule has 0 aliphatic heterocycles. The Labute approximate surface area is 107 Å². The normalized spacial score (nSPS) is 10.2. The van der Waals surface area contributed by atoms with E-state index in [1.807, 2.05) is 6.07 Å². The summed E-state index contributed by atoms with van der Waals surface area (Å²) in [4.78, 5) is 23.3. The number of hydrazine groups is 1. The molecule has 1 aromatic rings. The first kappa shape index (κ1) is 14.2. The molecule has 5 heteroatoms. The fourth-order valence-corrected chi connectivity index (χ4v) is 1.51. The molecule has 1 rings (SSSR count). The van der Waals surface area contributed by atoms with E-state index < -0.39 is 0 Å². The van der Waals surface area contributed by atoms with E-state index in [0.29, 0.717) is 12.1 Å². The van der Waals surface area contributed by atoms with Crippen molar-refractivity contribution in [3.8, 4) is 0 Å². The minimum atomic E-state index is -0.331. The average molecular weight is 250 g/mol. The zero-order valence-corrected chi connectivity index (χ0v) is 10.9. The molecule has 18 heavy (non-hydrogen) atoms. The Bertz CT molecular complexity index is 404. The molecule has 0 bridgehead atoms. The Kier molecular flexibility index (Phi) is 5.32. The van der Waals surface area contributed by atoms with Crippen LogP contribution in [0, 0.1) is 0 Å². The minimum absolute atomic E-state index is 0.135. The molecule has 0 unspecified atom stereocenters. The van der Waals surface area contributed by atoms with Crippen molar-refractivity contribution in [1.82, 2.24) is 10.0 Å². The highest BCUT2D eigenvalue weighted by atomic mass is 16.5. The zero-order valence-electron chi connectivity index (χ0n) is 10.9. The predicted octanol–water partition coefficient (Wildman–Crippen LogP) is 1.17. The van der Waals surface area contributed by atoms with Gasteiger partial charge in [0.05, 0.1) is 13.5 Å². The first-order valence-corrected chi connectivity index (χ1v) is 5.67. The van der Waals surface area contributed by atoms with Crippen molar-refractivity contribution in [1.29, 1.82) is 0 Å². The molecule has 0 spiro atoms. The van der Waals surface area contributed by atoms with Gasteiger partial charge in [-0.1, -0.05) is 18.2 Å². The summed E-state index contributed by atoms with van der Waals surface area (Å²) in [7, 11) is 4.86. The molecule has 98 valence electrons. The van der Waals surface area contributed by atoms with Gasteiger partial charge in [-0.2, -0.15) is 0 Å². The minimum Gasteiger partial charge on any atom is -0.469 e. The summed E-state index contributed by atoms with van der Waals surface area (Å²) in [6, 6.07) is 8.96. The van der Waals surface area contributed by atoms with Crippen LogP contribution < -0.4 is 0 Å². The number of hydrogen-bond donors (Lipinski definition) is 0. The van der Waals surface area contributed by atoms with Gasteiger partial charge in [0.15, 0.2) is 0 Å². The summed E-state index contributed by atoms with van der Waals surface area (Å²) in [5.41, 5.74) is 0.594. The summed E-state index contributed by atoms with van der Waals surface area (Å²) in [5, 5.41) is 3.17. The molecular formula is C13H18N2O3. The van der Waals surface area contributed by atoms with Crippen LogP contribution in [0.5, 0.6) is 0 Å². The van der Waals surface area contributed by atoms with E-state index in [-0.39, 0.29) is 18.3 Å². The summed E-state index contributed by atoms with van der Waals surface area (Å²) in [6.07, 6.45) is 0.174. The first-order valence-electron chi connectivity index (χ1n) is 5.67. The SMILES string of the molecule is COC(=O)CCN(C(=O)c1ccccc1)N(C)C. The number of carbonyl (C=O) groups is 2. The van der Waals surface area contributed by atoms with Crippen LogP contribution in [0.3, 0.4) is 0 Å². The molecule has 0 saturated heterocycles. The maximum absolute atomic E-state index is 12.2. The topological polar surface area (TPSA) is 49.9 Å². The molecule has 0 fully saturated rings. The summed E-state index contributed by atoms with van der Waals surface area (Å²) in [6.45, 7) is 0.299. The molecule has 0 radical (unpaired) electrons. The summed E-state index contributed by atoms with van der Waals surface area (Å²) >= 11 is 0. The lowest BCUT2D eigenvalue weighted by molar-refractivity contribution is -0.141. The molecule has 0 atom stereocenters. The van der Waals surface area contributed by atoms with E-state index in [1.165, 1.54) is 12.1 Å². The lowest BCUT2D eigenvalue weighted by atomic mass is 10.2. The van der Waals surface area contributed by atoms with Crippen LogP contribution in [0.2, 0.25) is 0 Å². The molecule has 0 saturated carbocycles. The van der Waals surface area contributed by atoms with E-state index in [2.05, 4.69) is 4.74 Å². The van der Waals surface area contributed by atoms with Crippen molar-refractivity contribution < 1.29 is 14.3 Å². The Hall–Kier alpha value is -1.88.